The minimum absolute atomic E-state index is 0.0152. The number of likely N-dealkylation sites (N-methyl/N-ethyl adjacent to an activating group) is 1. The van der Waals surface area contributed by atoms with Crippen LogP contribution in [-0.4, -0.2) is 69.7 Å². The fourth-order valence-corrected chi connectivity index (χ4v) is 6.52. The van der Waals surface area contributed by atoms with E-state index in [4.69, 9.17) is 5.11 Å². The zero-order chi connectivity index (χ0) is 30.5. The van der Waals surface area contributed by atoms with E-state index in [0.29, 0.717) is 5.56 Å². The van der Waals surface area contributed by atoms with Gasteiger partial charge in [-0.2, -0.15) is 0 Å². The van der Waals surface area contributed by atoms with Crippen LogP contribution in [0.2, 0.25) is 0 Å². The van der Waals surface area contributed by atoms with Gasteiger partial charge in [-0.05, 0) is 24.1 Å². The standard InChI is InChI=1S/C31H29NO9S/c1-14(13-33)24(36)29(41)20(34)12-32(2)21(35)10-8-15-7-9-18-19(11-15)26(38)23-22-25(37)16-5-3-4-6-17(16)27(39)30(22)42-31(23)28(18)40/h3-7,9,11,14,20,24,29,33-34,36,41H,8,10,12-13H2,1-2H3/t14-,20+,24-,29-/m1/s1. The number of fused-ring (bicyclic) bond motifs is 5. The monoisotopic (exact) mass is 591 g/mol. The molecule has 0 aliphatic rings. The van der Waals surface area contributed by atoms with Crippen LogP contribution in [0.4, 0.5) is 0 Å². The summed E-state index contributed by atoms with van der Waals surface area (Å²) < 4.78 is 0.147. The van der Waals surface area contributed by atoms with Crippen molar-refractivity contribution in [2.45, 2.75) is 38.1 Å². The average Bonchev–Trinajstić information content (AvgIpc) is 3.41. The molecule has 1 aromatic heterocycles. The van der Waals surface area contributed by atoms with E-state index in [-0.39, 0.29) is 73.6 Å². The SMILES string of the molecule is C[C@H](CO)[C@@H](O)[C@H](O)[C@@H](O)CN(C)C(=O)CCc1ccc2c(=O)c3sc4c(=O)c5ccccc5c(=O)c4c3c(=O)c2c1. The third-order valence-electron chi connectivity index (χ3n) is 7.89. The van der Waals surface area contributed by atoms with Gasteiger partial charge in [0, 0.05) is 54.1 Å². The van der Waals surface area contributed by atoms with Gasteiger partial charge in [0.15, 0.2) is 10.9 Å². The largest absolute Gasteiger partial charge is 0.396 e. The molecule has 11 heteroatoms. The minimum atomic E-state index is -1.56. The highest BCUT2D eigenvalue weighted by Crippen LogP contribution is 2.29. The van der Waals surface area contributed by atoms with Crippen molar-refractivity contribution >= 4 is 59.0 Å². The van der Waals surface area contributed by atoms with Gasteiger partial charge in [0.05, 0.1) is 32.4 Å². The smallest absolute Gasteiger partial charge is 0.222 e. The summed E-state index contributed by atoms with van der Waals surface area (Å²) in [5.74, 6) is -1.04. The Bertz CT molecular complexity index is 2060. The van der Waals surface area contributed by atoms with Gasteiger partial charge in [0.25, 0.3) is 0 Å². The molecule has 5 rings (SSSR count). The maximum absolute atomic E-state index is 13.7. The predicted molar refractivity (Wildman–Crippen MR) is 162 cm³/mol. The van der Waals surface area contributed by atoms with Gasteiger partial charge >= 0.3 is 0 Å². The Morgan fingerprint density at radius 3 is 1.95 bits per heavy atom. The molecule has 1 heterocycles. The number of benzene rings is 4. The molecule has 42 heavy (non-hydrogen) atoms. The summed E-state index contributed by atoms with van der Waals surface area (Å²) in [4.78, 5) is 67.5. The quantitative estimate of drug-likeness (QED) is 0.193. The molecule has 4 aromatic carbocycles. The number of amides is 1. The van der Waals surface area contributed by atoms with E-state index < -0.39 is 45.9 Å². The molecular weight excluding hydrogens is 562 g/mol. The number of aryl methyl sites for hydroxylation is 1. The molecule has 0 saturated carbocycles. The molecule has 0 bridgehead atoms. The maximum Gasteiger partial charge on any atom is 0.222 e. The molecule has 0 aliphatic heterocycles. The lowest BCUT2D eigenvalue weighted by molar-refractivity contribution is -0.134. The third-order valence-corrected chi connectivity index (χ3v) is 9.08. The van der Waals surface area contributed by atoms with E-state index in [2.05, 4.69) is 0 Å². The van der Waals surface area contributed by atoms with Gasteiger partial charge in [-0.25, -0.2) is 0 Å². The van der Waals surface area contributed by atoms with Crippen molar-refractivity contribution < 1.29 is 25.2 Å². The summed E-state index contributed by atoms with van der Waals surface area (Å²) in [6.07, 6.45) is -4.20. The summed E-state index contributed by atoms with van der Waals surface area (Å²) >= 11 is 0.864. The molecule has 1 amide bonds. The fourth-order valence-electron chi connectivity index (χ4n) is 5.31. The van der Waals surface area contributed by atoms with Gasteiger partial charge in [-0.15, -0.1) is 11.3 Å². The molecule has 4 atom stereocenters. The molecular formula is C31H29NO9S. The lowest BCUT2D eigenvalue weighted by Gasteiger charge is -2.29. The Morgan fingerprint density at radius 1 is 0.810 bits per heavy atom. The highest BCUT2D eigenvalue weighted by Gasteiger charge is 2.30. The normalized spacial score (nSPS) is 14.9. The first-order valence-corrected chi connectivity index (χ1v) is 14.2. The van der Waals surface area contributed by atoms with Crippen LogP contribution in [0, 0.1) is 5.92 Å². The van der Waals surface area contributed by atoms with Crippen LogP contribution in [0.5, 0.6) is 0 Å². The summed E-state index contributed by atoms with van der Waals surface area (Å²) in [5.41, 5.74) is -1.27. The molecule has 0 spiro atoms. The van der Waals surface area contributed by atoms with Crippen LogP contribution >= 0.6 is 11.3 Å². The number of nitrogens with zero attached hydrogens (tertiary/aromatic N) is 1. The molecule has 10 nitrogen and oxygen atoms in total. The summed E-state index contributed by atoms with van der Waals surface area (Å²) in [5, 5.41) is 40.2. The molecule has 0 aliphatic carbocycles. The second-order valence-electron chi connectivity index (χ2n) is 10.7. The maximum atomic E-state index is 13.7. The zero-order valence-corrected chi connectivity index (χ0v) is 23.7. The average molecular weight is 592 g/mol. The second kappa shape index (κ2) is 11.4. The summed E-state index contributed by atoms with van der Waals surface area (Å²) in [7, 11) is 1.44. The Morgan fingerprint density at radius 2 is 1.36 bits per heavy atom. The molecule has 0 radical (unpaired) electrons. The van der Waals surface area contributed by atoms with Crippen LogP contribution in [0.15, 0.2) is 61.6 Å². The van der Waals surface area contributed by atoms with Crippen LogP contribution in [0.1, 0.15) is 18.9 Å². The number of hydrogen-bond acceptors (Lipinski definition) is 10. The number of aliphatic hydroxyl groups excluding tert-OH is 4. The van der Waals surface area contributed by atoms with E-state index >= 15 is 0 Å². The highest BCUT2D eigenvalue weighted by molar-refractivity contribution is 7.25. The molecule has 0 fully saturated rings. The van der Waals surface area contributed by atoms with Crippen molar-refractivity contribution in [1.29, 1.82) is 0 Å². The lowest BCUT2D eigenvalue weighted by atomic mass is 9.96. The minimum Gasteiger partial charge on any atom is -0.396 e. The van der Waals surface area contributed by atoms with Crippen molar-refractivity contribution in [3.8, 4) is 0 Å². The van der Waals surface area contributed by atoms with Crippen LogP contribution in [0.3, 0.4) is 0 Å². The highest BCUT2D eigenvalue weighted by atomic mass is 32.1. The number of rotatable bonds is 9. The summed E-state index contributed by atoms with van der Waals surface area (Å²) in [6, 6.07) is 11.0. The first-order valence-electron chi connectivity index (χ1n) is 13.4. The molecule has 4 N–H and O–H groups in total. The predicted octanol–water partition coefficient (Wildman–Crippen LogP) is 0.779. The zero-order valence-electron chi connectivity index (χ0n) is 22.9. The van der Waals surface area contributed by atoms with Gasteiger partial charge in [0.2, 0.25) is 16.8 Å². The van der Waals surface area contributed by atoms with Crippen molar-refractivity contribution in [3.05, 3.63) is 88.9 Å². The second-order valence-corrected chi connectivity index (χ2v) is 11.8. The van der Waals surface area contributed by atoms with Crippen molar-refractivity contribution in [2.24, 2.45) is 5.92 Å². The first-order chi connectivity index (χ1) is 20.0. The van der Waals surface area contributed by atoms with Gasteiger partial charge in [-0.1, -0.05) is 37.3 Å². The van der Waals surface area contributed by atoms with Crippen molar-refractivity contribution in [2.75, 3.05) is 20.2 Å². The van der Waals surface area contributed by atoms with E-state index in [1.165, 1.54) is 37.1 Å². The Labute approximate surface area is 242 Å². The van der Waals surface area contributed by atoms with Crippen LogP contribution in [0.25, 0.3) is 41.7 Å². The third kappa shape index (κ3) is 4.93. The molecule has 5 aromatic rings. The van der Waals surface area contributed by atoms with Crippen molar-refractivity contribution in [1.82, 2.24) is 4.90 Å². The lowest BCUT2D eigenvalue weighted by Crippen LogP contribution is -2.47. The Kier molecular flexibility index (Phi) is 8.06. The van der Waals surface area contributed by atoms with E-state index in [0.717, 1.165) is 11.3 Å². The number of thiophene rings is 1. The fraction of sp³-hybridized carbons (Fsp3) is 0.323. The van der Waals surface area contributed by atoms with Gasteiger partial charge in [-0.3, -0.25) is 24.0 Å². The Balaban J connectivity index is 1.45. The van der Waals surface area contributed by atoms with Gasteiger partial charge < -0.3 is 25.3 Å². The van der Waals surface area contributed by atoms with Crippen molar-refractivity contribution in [3.63, 3.8) is 0 Å². The number of carbonyl (C=O) groups excluding carboxylic acids is 1. The van der Waals surface area contributed by atoms with Crippen LogP contribution < -0.4 is 21.7 Å². The van der Waals surface area contributed by atoms with Gasteiger partial charge in [0.1, 0.15) is 6.10 Å². The topological polar surface area (TPSA) is 170 Å². The molecule has 0 unspecified atom stereocenters. The molecule has 0 saturated heterocycles. The first kappa shape index (κ1) is 29.6. The number of aliphatic hydroxyl groups is 4. The Hall–Kier alpha value is -3.87. The van der Waals surface area contributed by atoms with E-state index in [1.807, 2.05) is 0 Å². The number of carbonyl (C=O) groups is 1. The van der Waals surface area contributed by atoms with E-state index in [9.17, 15) is 39.3 Å². The van der Waals surface area contributed by atoms with Crippen LogP contribution in [-0.2, 0) is 11.2 Å². The number of hydrogen-bond donors (Lipinski definition) is 4. The van der Waals surface area contributed by atoms with E-state index in [1.54, 1.807) is 24.3 Å². The summed E-state index contributed by atoms with van der Waals surface area (Å²) in [6.45, 7) is 0.873. The molecule has 218 valence electrons.